The van der Waals surface area contributed by atoms with Crippen LogP contribution in [0.5, 0.6) is 5.88 Å². The summed E-state index contributed by atoms with van der Waals surface area (Å²) in [4.78, 5) is 16.5. The van der Waals surface area contributed by atoms with Crippen molar-refractivity contribution in [1.29, 1.82) is 0 Å². The molecule has 6 heteroatoms. The molecule has 122 valence electrons. The van der Waals surface area contributed by atoms with Crippen molar-refractivity contribution in [1.82, 2.24) is 10.1 Å². The SMILES string of the molecule is COc1cc(C(=O)N2CCN(c3cccc(C)c3C)CC2)on1. The van der Waals surface area contributed by atoms with E-state index in [2.05, 4.69) is 42.1 Å². The molecule has 1 aromatic heterocycles. The summed E-state index contributed by atoms with van der Waals surface area (Å²) in [6, 6.07) is 7.87. The average Bonchev–Trinajstić information content (AvgIpc) is 3.06. The van der Waals surface area contributed by atoms with Gasteiger partial charge in [0.15, 0.2) is 0 Å². The van der Waals surface area contributed by atoms with Crippen molar-refractivity contribution in [2.75, 3.05) is 38.2 Å². The van der Waals surface area contributed by atoms with Crippen LogP contribution in [0, 0.1) is 13.8 Å². The molecule has 0 atom stereocenters. The number of aromatic nitrogens is 1. The van der Waals surface area contributed by atoms with Gasteiger partial charge in [-0.1, -0.05) is 12.1 Å². The monoisotopic (exact) mass is 315 g/mol. The molecule has 1 aliphatic rings. The van der Waals surface area contributed by atoms with Gasteiger partial charge in [0, 0.05) is 31.9 Å². The van der Waals surface area contributed by atoms with Crippen molar-refractivity contribution in [2.45, 2.75) is 13.8 Å². The Labute approximate surface area is 135 Å². The third-order valence-electron chi connectivity index (χ3n) is 4.39. The number of amides is 1. The average molecular weight is 315 g/mol. The van der Waals surface area contributed by atoms with Gasteiger partial charge < -0.3 is 19.1 Å². The van der Waals surface area contributed by atoms with Gasteiger partial charge >= 0.3 is 0 Å². The second-order valence-electron chi connectivity index (χ2n) is 5.73. The fourth-order valence-corrected chi connectivity index (χ4v) is 2.84. The molecule has 2 aromatic rings. The number of ether oxygens (including phenoxy) is 1. The Morgan fingerprint density at radius 3 is 2.61 bits per heavy atom. The third-order valence-corrected chi connectivity index (χ3v) is 4.39. The summed E-state index contributed by atoms with van der Waals surface area (Å²) in [7, 11) is 1.50. The Bertz CT molecular complexity index is 703. The lowest BCUT2D eigenvalue weighted by molar-refractivity contribution is 0.0704. The number of carbonyl (C=O) groups excluding carboxylic acids is 1. The van der Waals surface area contributed by atoms with Crippen molar-refractivity contribution >= 4 is 11.6 Å². The van der Waals surface area contributed by atoms with E-state index in [1.54, 1.807) is 4.90 Å². The van der Waals surface area contributed by atoms with Gasteiger partial charge in [-0.2, -0.15) is 0 Å². The summed E-state index contributed by atoms with van der Waals surface area (Å²) in [6.07, 6.45) is 0. The lowest BCUT2D eigenvalue weighted by Crippen LogP contribution is -2.49. The van der Waals surface area contributed by atoms with Gasteiger partial charge in [-0.15, -0.1) is 0 Å². The molecule has 0 N–H and O–H groups in total. The zero-order valence-corrected chi connectivity index (χ0v) is 13.7. The number of benzene rings is 1. The second kappa shape index (κ2) is 6.32. The van der Waals surface area contributed by atoms with E-state index in [0.717, 1.165) is 13.1 Å². The molecular weight excluding hydrogens is 294 g/mol. The molecule has 0 saturated carbocycles. The highest BCUT2D eigenvalue weighted by Gasteiger charge is 2.25. The van der Waals surface area contributed by atoms with Crippen LogP contribution < -0.4 is 9.64 Å². The smallest absolute Gasteiger partial charge is 0.292 e. The number of aryl methyl sites for hydroxylation is 1. The van der Waals surface area contributed by atoms with Crippen molar-refractivity contribution < 1.29 is 14.1 Å². The lowest BCUT2D eigenvalue weighted by Gasteiger charge is -2.36. The molecule has 3 rings (SSSR count). The zero-order valence-electron chi connectivity index (χ0n) is 13.7. The van der Waals surface area contributed by atoms with E-state index in [1.165, 1.54) is 30.0 Å². The van der Waals surface area contributed by atoms with E-state index >= 15 is 0 Å². The van der Waals surface area contributed by atoms with E-state index in [4.69, 9.17) is 9.26 Å². The van der Waals surface area contributed by atoms with Crippen molar-refractivity contribution in [3.63, 3.8) is 0 Å². The lowest BCUT2D eigenvalue weighted by atomic mass is 10.1. The van der Waals surface area contributed by atoms with Gasteiger partial charge in [0.25, 0.3) is 11.8 Å². The topological polar surface area (TPSA) is 58.8 Å². The van der Waals surface area contributed by atoms with Gasteiger partial charge in [0.1, 0.15) is 0 Å². The minimum absolute atomic E-state index is 0.138. The van der Waals surface area contributed by atoms with Gasteiger partial charge in [0.2, 0.25) is 5.76 Å². The molecule has 1 amide bonds. The van der Waals surface area contributed by atoms with Crippen molar-refractivity contribution in [3.05, 3.63) is 41.2 Å². The maximum absolute atomic E-state index is 12.4. The number of anilines is 1. The summed E-state index contributed by atoms with van der Waals surface area (Å²) >= 11 is 0. The van der Waals surface area contributed by atoms with Crippen LogP contribution in [0.15, 0.2) is 28.8 Å². The molecule has 1 fully saturated rings. The molecule has 6 nitrogen and oxygen atoms in total. The van der Waals surface area contributed by atoms with Crippen LogP contribution in [0.4, 0.5) is 5.69 Å². The first kappa shape index (κ1) is 15.4. The number of hydrogen-bond acceptors (Lipinski definition) is 5. The fourth-order valence-electron chi connectivity index (χ4n) is 2.84. The summed E-state index contributed by atoms with van der Waals surface area (Å²) in [6.45, 7) is 7.20. The Morgan fingerprint density at radius 2 is 1.96 bits per heavy atom. The van der Waals surface area contributed by atoms with Crippen LogP contribution in [0.25, 0.3) is 0 Å². The molecular formula is C17H21N3O3. The minimum atomic E-state index is -0.138. The van der Waals surface area contributed by atoms with Crippen LogP contribution in [-0.2, 0) is 0 Å². The maximum Gasteiger partial charge on any atom is 0.292 e. The second-order valence-corrected chi connectivity index (χ2v) is 5.73. The number of carbonyl (C=O) groups is 1. The molecule has 0 bridgehead atoms. The zero-order chi connectivity index (χ0) is 16.4. The standard InChI is InChI=1S/C17H21N3O3/c1-12-5-4-6-14(13(12)2)19-7-9-20(10-8-19)17(21)15-11-16(22-3)18-23-15/h4-6,11H,7-10H2,1-3H3. The number of nitrogens with zero attached hydrogens (tertiary/aromatic N) is 3. The maximum atomic E-state index is 12.4. The van der Waals surface area contributed by atoms with Gasteiger partial charge in [-0.25, -0.2) is 0 Å². The van der Waals surface area contributed by atoms with Crippen LogP contribution in [0.2, 0.25) is 0 Å². The molecule has 2 heterocycles. The summed E-state index contributed by atoms with van der Waals surface area (Å²) in [5.74, 6) is 0.408. The van der Waals surface area contributed by atoms with E-state index in [9.17, 15) is 4.79 Å². The fraction of sp³-hybridized carbons (Fsp3) is 0.412. The van der Waals surface area contributed by atoms with Crippen LogP contribution >= 0.6 is 0 Å². The predicted octanol–water partition coefficient (Wildman–Crippen LogP) is 2.26. The molecule has 1 saturated heterocycles. The Hall–Kier alpha value is -2.50. The third kappa shape index (κ3) is 3.02. The van der Waals surface area contributed by atoms with E-state index in [0.29, 0.717) is 19.0 Å². The highest BCUT2D eigenvalue weighted by molar-refractivity contribution is 5.91. The van der Waals surface area contributed by atoms with Gasteiger partial charge in [-0.3, -0.25) is 4.79 Å². The number of methoxy groups -OCH3 is 1. The first-order valence-corrected chi connectivity index (χ1v) is 7.71. The molecule has 1 aromatic carbocycles. The Kier molecular flexibility index (Phi) is 4.23. The summed E-state index contributed by atoms with van der Waals surface area (Å²) in [5, 5.41) is 3.68. The highest BCUT2D eigenvalue weighted by atomic mass is 16.5. The highest BCUT2D eigenvalue weighted by Crippen LogP contribution is 2.24. The summed E-state index contributed by atoms with van der Waals surface area (Å²) in [5.41, 5.74) is 3.83. The van der Waals surface area contributed by atoms with E-state index in [-0.39, 0.29) is 11.7 Å². The van der Waals surface area contributed by atoms with Gasteiger partial charge in [0.05, 0.1) is 13.2 Å². The first-order valence-electron chi connectivity index (χ1n) is 7.71. The quantitative estimate of drug-likeness (QED) is 0.869. The molecule has 0 unspecified atom stereocenters. The molecule has 23 heavy (non-hydrogen) atoms. The molecule has 0 spiro atoms. The first-order chi connectivity index (χ1) is 11.1. The van der Waals surface area contributed by atoms with Crippen molar-refractivity contribution in [2.24, 2.45) is 0 Å². The largest absolute Gasteiger partial charge is 0.479 e. The normalized spacial score (nSPS) is 14.9. The summed E-state index contributed by atoms with van der Waals surface area (Å²) < 4.78 is 9.98. The van der Waals surface area contributed by atoms with E-state index < -0.39 is 0 Å². The van der Waals surface area contributed by atoms with Crippen LogP contribution in [0.1, 0.15) is 21.7 Å². The molecule has 0 aliphatic carbocycles. The van der Waals surface area contributed by atoms with Gasteiger partial charge in [-0.05, 0) is 36.2 Å². The Balaban J connectivity index is 1.66. The van der Waals surface area contributed by atoms with E-state index in [1.807, 2.05) is 0 Å². The van der Waals surface area contributed by atoms with Crippen LogP contribution in [0.3, 0.4) is 0 Å². The van der Waals surface area contributed by atoms with Crippen LogP contribution in [-0.4, -0.2) is 49.3 Å². The Morgan fingerprint density at radius 1 is 1.22 bits per heavy atom. The molecule has 1 aliphatic heterocycles. The predicted molar refractivity (Wildman–Crippen MR) is 87.1 cm³/mol. The minimum Gasteiger partial charge on any atom is -0.479 e. The molecule has 0 radical (unpaired) electrons. The number of piperazine rings is 1. The number of rotatable bonds is 3. The van der Waals surface area contributed by atoms with Crippen molar-refractivity contribution in [3.8, 4) is 5.88 Å². The number of hydrogen-bond donors (Lipinski definition) is 0.